The van der Waals surface area contributed by atoms with Gasteiger partial charge in [-0.3, -0.25) is 4.79 Å². The lowest BCUT2D eigenvalue weighted by atomic mass is 10.2. The average molecular weight is 315 g/mol. The Balaban J connectivity index is 1.98. The fraction of sp³-hybridized carbons (Fsp3) is 0.333. The number of nitrogens with one attached hydrogen (secondary N) is 1. The van der Waals surface area contributed by atoms with Crippen LogP contribution in [-0.4, -0.2) is 45.0 Å². The molecule has 1 N–H and O–H groups in total. The first-order valence-electron chi connectivity index (χ1n) is 6.18. The van der Waals surface area contributed by atoms with Gasteiger partial charge in [-0.2, -0.15) is 13.2 Å². The van der Waals surface area contributed by atoms with Gasteiger partial charge in [0.05, 0.1) is 5.69 Å². The second-order valence-electron chi connectivity index (χ2n) is 4.36. The van der Waals surface area contributed by atoms with Gasteiger partial charge >= 0.3 is 6.18 Å². The molecule has 2 rings (SSSR count). The molecule has 0 saturated carbocycles. The van der Waals surface area contributed by atoms with Gasteiger partial charge in [-0.25, -0.2) is 4.68 Å². The lowest BCUT2D eigenvalue weighted by Gasteiger charge is -2.15. The minimum atomic E-state index is -4.48. The smallest absolute Gasteiger partial charge is 0.359 e. The lowest BCUT2D eigenvalue weighted by Crippen LogP contribution is -2.31. The van der Waals surface area contributed by atoms with Gasteiger partial charge in [-0.1, -0.05) is 6.07 Å². The maximum absolute atomic E-state index is 12.0. The first-order chi connectivity index (χ1) is 10.3. The molecule has 0 fully saturated rings. The molecule has 118 valence electrons. The Morgan fingerprint density at radius 2 is 2.23 bits per heavy atom. The molecule has 1 aromatic carbocycles. The molecular formula is C12H12F3N5O2. The van der Waals surface area contributed by atoms with Crippen LogP contribution in [0.25, 0.3) is 5.69 Å². The second-order valence-corrected chi connectivity index (χ2v) is 4.36. The summed E-state index contributed by atoms with van der Waals surface area (Å²) in [4.78, 5) is 11.8. The summed E-state index contributed by atoms with van der Waals surface area (Å²) in [5.74, 6) is -0.682. The number of hydrogen-bond acceptors (Lipinski definition) is 5. The van der Waals surface area contributed by atoms with E-state index >= 15 is 0 Å². The van der Waals surface area contributed by atoms with Gasteiger partial charge in [-0.05, 0) is 35.5 Å². The molecule has 1 unspecified atom stereocenters. The third-order valence-corrected chi connectivity index (χ3v) is 2.59. The SMILES string of the molecule is CC(OCC(F)(F)F)C(=O)Nc1cccc(-n2cnnn2)c1. The Morgan fingerprint density at radius 1 is 1.45 bits per heavy atom. The average Bonchev–Trinajstić information content (AvgIpc) is 2.98. The van der Waals surface area contributed by atoms with E-state index in [0.717, 1.165) is 0 Å². The molecule has 1 amide bonds. The van der Waals surface area contributed by atoms with Crippen LogP contribution in [0, 0.1) is 0 Å². The van der Waals surface area contributed by atoms with Gasteiger partial charge in [0.15, 0.2) is 0 Å². The normalized spacial score (nSPS) is 12.9. The zero-order chi connectivity index (χ0) is 16.2. The Morgan fingerprint density at radius 3 is 2.86 bits per heavy atom. The summed E-state index contributed by atoms with van der Waals surface area (Å²) in [5.41, 5.74) is 0.979. The van der Waals surface area contributed by atoms with Crippen LogP contribution in [0.3, 0.4) is 0 Å². The number of ether oxygens (including phenoxy) is 1. The van der Waals surface area contributed by atoms with E-state index in [9.17, 15) is 18.0 Å². The predicted octanol–water partition coefficient (Wildman–Crippen LogP) is 1.57. The molecule has 0 saturated heterocycles. The van der Waals surface area contributed by atoms with Crippen LogP contribution in [0.5, 0.6) is 0 Å². The highest BCUT2D eigenvalue weighted by Gasteiger charge is 2.29. The van der Waals surface area contributed by atoms with E-state index in [0.29, 0.717) is 11.4 Å². The molecular weight excluding hydrogens is 303 g/mol. The van der Waals surface area contributed by atoms with E-state index in [4.69, 9.17) is 0 Å². The van der Waals surface area contributed by atoms with E-state index < -0.39 is 24.8 Å². The van der Waals surface area contributed by atoms with Crippen molar-refractivity contribution in [3.05, 3.63) is 30.6 Å². The van der Waals surface area contributed by atoms with Gasteiger partial charge in [0.1, 0.15) is 19.0 Å². The summed E-state index contributed by atoms with van der Waals surface area (Å²) in [7, 11) is 0. The standard InChI is InChI=1S/C12H12F3N5O2/c1-8(22-6-12(13,14)15)11(21)17-9-3-2-4-10(5-9)20-7-16-18-19-20/h2-5,7-8H,6H2,1H3,(H,17,21). The molecule has 0 aliphatic heterocycles. The number of carbonyl (C=O) groups is 1. The maximum Gasteiger partial charge on any atom is 0.411 e. The van der Waals surface area contributed by atoms with Crippen LogP contribution in [0.1, 0.15) is 6.92 Å². The number of halogens is 3. The monoisotopic (exact) mass is 315 g/mol. The highest BCUT2D eigenvalue weighted by molar-refractivity contribution is 5.94. The molecule has 0 aliphatic rings. The van der Waals surface area contributed by atoms with E-state index in [1.165, 1.54) is 17.9 Å². The highest BCUT2D eigenvalue weighted by Crippen LogP contribution is 2.17. The van der Waals surface area contributed by atoms with Crippen molar-refractivity contribution in [3.63, 3.8) is 0 Å². The summed E-state index contributed by atoms with van der Waals surface area (Å²) in [6, 6.07) is 6.51. The lowest BCUT2D eigenvalue weighted by molar-refractivity contribution is -0.184. The Bertz CT molecular complexity index is 630. The van der Waals surface area contributed by atoms with Gasteiger partial charge in [0, 0.05) is 5.69 Å². The molecule has 0 radical (unpaired) electrons. The van der Waals surface area contributed by atoms with Crippen molar-refractivity contribution in [1.82, 2.24) is 20.2 Å². The van der Waals surface area contributed by atoms with Crippen LogP contribution in [-0.2, 0) is 9.53 Å². The Labute approximate surface area is 123 Å². The molecule has 0 aliphatic carbocycles. The topological polar surface area (TPSA) is 81.9 Å². The number of nitrogens with zero attached hydrogens (tertiary/aromatic N) is 4. The van der Waals surface area contributed by atoms with E-state index in [2.05, 4.69) is 25.6 Å². The molecule has 2 aromatic rings. The number of hydrogen-bond donors (Lipinski definition) is 1. The van der Waals surface area contributed by atoms with Crippen molar-refractivity contribution in [2.45, 2.75) is 19.2 Å². The molecule has 22 heavy (non-hydrogen) atoms. The molecule has 7 nitrogen and oxygen atoms in total. The number of aromatic nitrogens is 4. The van der Waals surface area contributed by atoms with E-state index in [1.54, 1.807) is 24.3 Å². The zero-order valence-electron chi connectivity index (χ0n) is 11.4. The Hall–Kier alpha value is -2.49. The molecule has 0 spiro atoms. The number of carbonyl (C=O) groups excluding carboxylic acids is 1. The third-order valence-electron chi connectivity index (χ3n) is 2.59. The summed E-state index contributed by atoms with van der Waals surface area (Å²) in [6.07, 6.45) is -4.34. The molecule has 0 bridgehead atoms. The first-order valence-corrected chi connectivity index (χ1v) is 6.18. The summed E-state index contributed by atoms with van der Waals surface area (Å²) < 4.78 is 42.0. The molecule has 1 heterocycles. The maximum atomic E-state index is 12.0. The van der Waals surface area contributed by atoms with E-state index in [-0.39, 0.29) is 0 Å². The van der Waals surface area contributed by atoms with Crippen molar-refractivity contribution in [1.29, 1.82) is 0 Å². The largest absolute Gasteiger partial charge is 0.411 e. The predicted molar refractivity (Wildman–Crippen MR) is 69.3 cm³/mol. The van der Waals surface area contributed by atoms with Crippen molar-refractivity contribution in [3.8, 4) is 5.69 Å². The summed E-state index contributed by atoms with van der Waals surface area (Å²) in [5, 5.41) is 13.1. The van der Waals surface area contributed by atoms with E-state index in [1.807, 2.05) is 0 Å². The fourth-order valence-electron chi connectivity index (χ4n) is 1.54. The van der Waals surface area contributed by atoms with Crippen LogP contribution < -0.4 is 5.32 Å². The fourth-order valence-corrected chi connectivity index (χ4v) is 1.54. The van der Waals surface area contributed by atoms with Gasteiger partial charge in [0.2, 0.25) is 0 Å². The number of amides is 1. The number of alkyl halides is 3. The zero-order valence-corrected chi connectivity index (χ0v) is 11.4. The highest BCUT2D eigenvalue weighted by atomic mass is 19.4. The summed E-state index contributed by atoms with van der Waals surface area (Å²) in [6.45, 7) is -0.238. The van der Waals surface area contributed by atoms with Crippen molar-refractivity contribution < 1.29 is 22.7 Å². The number of anilines is 1. The van der Waals surface area contributed by atoms with Gasteiger partial charge in [0.25, 0.3) is 5.91 Å². The van der Waals surface area contributed by atoms with Crippen LogP contribution in [0.4, 0.5) is 18.9 Å². The van der Waals surface area contributed by atoms with Crippen molar-refractivity contribution in [2.75, 3.05) is 11.9 Å². The first kappa shape index (κ1) is 15.9. The Kier molecular flexibility index (Phi) is 4.71. The molecule has 1 atom stereocenters. The van der Waals surface area contributed by atoms with Gasteiger partial charge < -0.3 is 10.1 Å². The van der Waals surface area contributed by atoms with Crippen molar-refractivity contribution in [2.24, 2.45) is 0 Å². The van der Waals surface area contributed by atoms with Crippen LogP contribution in [0.2, 0.25) is 0 Å². The van der Waals surface area contributed by atoms with Crippen LogP contribution in [0.15, 0.2) is 30.6 Å². The minimum Gasteiger partial charge on any atom is -0.359 e. The number of tetrazole rings is 1. The molecule has 1 aromatic heterocycles. The summed E-state index contributed by atoms with van der Waals surface area (Å²) >= 11 is 0. The second kappa shape index (κ2) is 6.52. The number of benzene rings is 1. The minimum absolute atomic E-state index is 0.389. The number of rotatable bonds is 5. The van der Waals surface area contributed by atoms with Gasteiger partial charge in [-0.15, -0.1) is 5.10 Å². The molecule has 10 heteroatoms. The van der Waals surface area contributed by atoms with Crippen LogP contribution >= 0.6 is 0 Å². The third kappa shape index (κ3) is 4.52. The van der Waals surface area contributed by atoms with Crippen molar-refractivity contribution >= 4 is 11.6 Å². The quantitative estimate of drug-likeness (QED) is 0.905.